The fourth-order valence-corrected chi connectivity index (χ4v) is 1.57. The van der Waals surface area contributed by atoms with Crippen LogP contribution in [0.4, 0.5) is 0 Å². The summed E-state index contributed by atoms with van der Waals surface area (Å²) in [4.78, 5) is 3.27. The van der Waals surface area contributed by atoms with Crippen LogP contribution in [0.3, 0.4) is 0 Å². The van der Waals surface area contributed by atoms with Gasteiger partial charge in [0.15, 0.2) is 0 Å². The summed E-state index contributed by atoms with van der Waals surface area (Å²) < 4.78 is 0. The van der Waals surface area contributed by atoms with Crippen LogP contribution >= 0.6 is 0 Å². The molecule has 0 unspecified atom stereocenters. The van der Waals surface area contributed by atoms with E-state index in [1.54, 1.807) is 0 Å². The Balaban J connectivity index is 2.80. The molecule has 0 saturated carbocycles. The van der Waals surface area contributed by atoms with Gasteiger partial charge in [-0.3, -0.25) is 0 Å². The van der Waals surface area contributed by atoms with Crippen molar-refractivity contribution >= 4 is 10.9 Å². The summed E-state index contributed by atoms with van der Waals surface area (Å²) in [5, 5.41) is 1.31. The lowest BCUT2D eigenvalue weighted by atomic mass is 10.1. The highest BCUT2D eigenvalue weighted by Gasteiger charge is 2.01. The van der Waals surface area contributed by atoms with Gasteiger partial charge in [-0.15, -0.1) is 0 Å². The minimum Gasteiger partial charge on any atom is -0.361 e. The first kappa shape index (κ1) is 7.41. The molecular formula is C11H12N. The van der Waals surface area contributed by atoms with Crippen molar-refractivity contribution in [1.29, 1.82) is 0 Å². The topological polar surface area (TPSA) is 15.8 Å². The lowest BCUT2D eigenvalue weighted by molar-refractivity contribution is 1.29. The van der Waals surface area contributed by atoms with Crippen molar-refractivity contribution in [3.05, 3.63) is 42.4 Å². The monoisotopic (exact) mass is 158 g/mol. The molecule has 2 rings (SSSR count). The maximum Gasteiger partial charge on any atom is 0.0486 e. The van der Waals surface area contributed by atoms with Gasteiger partial charge in [0.1, 0.15) is 0 Å². The third kappa shape index (κ3) is 0.934. The first-order chi connectivity index (χ1) is 5.83. The standard InChI is InChI=1S/C11H12N/c1-3-9-7-12-11-8(2)5-4-6-10(9)11/h4-7,12H,1,3H2,2H3. The Morgan fingerprint density at radius 2 is 2.25 bits per heavy atom. The summed E-state index contributed by atoms with van der Waals surface area (Å²) in [6.07, 6.45) is 2.90. The number of hydrogen-bond acceptors (Lipinski definition) is 0. The van der Waals surface area contributed by atoms with Gasteiger partial charge in [-0.2, -0.15) is 0 Å². The van der Waals surface area contributed by atoms with E-state index >= 15 is 0 Å². The predicted octanol–water partition coefficient (Wildman–Crippen LogP) is 2.85. The molecule has 0 bridgehead atoms. The molecule has 1 heterocycles. The molecule has 1 heteroatoms. The predicted molar refractivity (Wildman–Crippen MR) is 52.1 cm³/mol. The van der Waals surface area contributed by atoms with E-state index in [0.717, 1.165) is 6.42 Å². The number of fused-ring (bicyclic) bond motifs is 1. The number of H-pyrrole nitrogens is 1. The molecule has 0 spiro atoms. The number of hydrogen-bond donors (Lipinski definition) is 1. The Labute approximate surface area is 72.4 Å². The van der Waals surface area contributed by atoms with E-state index in [1.165, 1.54) is 22.0 Å². The van der Waals surface area contributed by atoms with Gasteiger partial charge in [0.2, 0.25) is 0 Å². The van der Waals surface area contributed by atoms with Crippen LogP contribution in [0.15, 0.2) is 24.4 Å². The molecule has 61 valence electrons. The summed E-state index contributed by atoms with van der Waals surface area (Å²) in [6, 6.07) is 6.34. The summed E-state index contributed by atoms with van der Waals surface area (Å²) in [5.74, 6) is 0. The Morgan fingerprint density at radius 1 is 1.42 bits per heavy atom. The molecule has 12 heavy (non-hydrogen) atoms. The number of rotatable bonds is 1. The summed E-state index contributed by atoms with van der Waals surface area (Å²) in [6.45, 7) is 6.00. The zero-order valence-electron chi connectivity index (χ0n) is 7.22. The Bertz CT molecular complexity index is 398. The molecule has 0 fully saturated rings. The SMILES string of the molecule is [CH2]Cc1c[nH]c2c(C)cccc12. The molecule has 1 aromatic carbocycles. The zero-order chi connectivity index (χ0) is 8.55. The van der Waals surface area contributed by atoms with E-state index in [0.29, 0.717) is 0 Å². The van der Waals surface area contributed by atoms with Gasteiger partial charge in [-0.25, -0.2) is 0 Å². The van der Waals surface area contributed by atoms with Gasteiger partial charge < -0.3 is 4.98 Å². The highest BCUT2D eigenvalue weighted by molar-refractivity contribution is 5.85. The van der Waals surface area contributed by atoms with Crippen molar-refractivity contribution in [2.75, 3.05) is 0 Å². The van der Waals surface area contributed by atoms with Gasteiger partial charge in [0, 0.05) is 17.1 Å². The number of nitrogens with one attached hydrogen (secondary N) is 1. The first-order valence-corrected chi connectivity index (χ1v) is 4.17. The summed E-state index contributed by atoms with van der Waals surface area (Å²) in [5.41, 5.74) is 3.84. The number of aromatic amines is 1. The molecular weight excluding hydrogens is 146 g/mol. The van der Waals surface area contributed by atoms with Gasteiger partial charge >= 0.3 is 0 Å². The molecule has 2 aromatic rings. The molecule has 1 aromatic heterocycles. The molecule has 1 N–H and O–H groups in total. The quantitative estimate of drug-likeness (QED) is 0.656. The average Bonchev–Trinajstić information content (AvgIpc) is 2.49. The van der Waals surface area contributed by atoms with Crippen LogP contribution in [-0.2, 0) is 6.42 Å². The third-order valence-electron chi connectivity index (χ3n) is 2.28. The third-order valence-corrected chi connectivity index (χ3v) is 2.28. The van der Waals surface area contributed by atoms with Gasteiger partial charge in [-0.05, 0) is 31.4 Å². The molecule has 0 amide bonds. The van der Waals surface area contributed by atoms with Crippen LogP contribution in [0.25, 0.3) is 10.9 Å². The Hall–Kier alpha value is -1.24. The molecule has 0 aliphatic carbocycles. The van der Waals surface area contributed by atoms with Crippen molar-refractivity contribution in [3.63, 3.8) is 0 Å². The highest BCUT2D eigenvalue weighted by atomic mass is 14.7. The largest absolute Gasteiger partial charge is 0.361 e. The second-order valence-electron chi connectivity index (χ2n) is 3.06. The van der Waals surface area contributed by atoms with E-state index in [4.69, 9.17) is 0 Å². The van der Waals surface area contributed by atoms with Crippen LogP contribution in [0.1, 0.15) is 11.1 Å². The summed E-state index contributed by atoms with van der Waals surface area (Å²) in [7, 11) is 0. The molecule has 0 aliphatic heterocycles. The van der Waals surface area contributed by atoms with Crippen LogP contribution in [0, 0.1) is 13.8 Å². The van der Waals surface area contributed by atoms with Crippen LogP contribution in [0.2, 0.25) is 0 Å². The van der Waals surface area contributed by atoms with E-state index in [-0.39, 0.29) is 0 Å². The van der Waals surface area contributed by atoms with Crippen molar-refractivity contribution in [2.45, 2.75) is 13.3 Å². The lowest BCUT2D eigenvalue weighted by Gasteiger charge is -1.95. The molecule has 0 saturated heterocycles. The first-order valence-electron chi connectivity index (χ1n) is 4.17. The van der Waals surface area contributed by atoms with E-state index in [2.05, 4.69) is 37.0 Å². The number of para-hydroxylation sites is 1. The Morgan fingerprint density at radius 3 is 3.00 bits per heavy atom. The molecule has 1 radical (unpaired) electrons. The lowest BCUT2D eigenvalue weighted by Crippen LogP contribution is -1.77. The number of benzene rings is 1. The van der Waals surface area contributed by atoms with Gasteiger partial charge in [-0.1, -0.05) is 18.2 Å². The van der Waals surface area contributed by atoms with Crippen LogP contribution in [-0.4, -0.2) is 4.98 Å². The fraction of sp³-hybridized carbons (Fsp3) is 0.182. The molecule has 0 aliphatic rings. The van der Waals surface area contributed by atoms with Gasteiger partial charge in [0.25, 0.3) is 0 Å². The maximum absolute atomic E-state index is 3.89. The Kier molecular flexibility index (Phi) is 1.65. The van der Waals surface area contributed by atoms with Crippen molar-refractivity contribution in [2.24, 2.45) is 0 Å². The second kappa shape index (κ2) is 2.67. The second-order valence-corrected chi connectivity index (χ2v) is 3.06. The number of aryl methyl sites for hydroxylation is 1. The zero-order valence-corrected chi connectivity index (χ0v) is 7.22. The highest BCUT2D eigenvalue weighted by Crippen LogP contribution is 2.20. The minimum atomic E-state index is 0.851. The van der Waals surface area contributed by atoms with Gasteiger partial charge in [0.05, 0.1) is 0 Å². The average molecular weight is 158 g/mol. The number of aromatic nitrogens is 1. The normalized spacial score (nSPS) is 10.8. The summed E-state index contributed by atoms with van der Waals surface area (Å²) >= 11 is 0. The van der Waals surface area contributed by atoms with E-state index in [1.807, 2.05) is 6.20 Å². The van der Waals surface area contributed by atoms with Crippen molar-refractivity contribution in [3.8, 4) is 0 Å². The van der Waals surface area contributed by atoms with E-state index < -0.39 is 0 Å². The fourth-order valence-electron chi connectivity index (χ4n) is 1.57. The molecule has 0 atom stereocenters. The maximum atomic E-state index is 3.89. The van der Waals surface area contributed by atoms with Crippen molar-refractivity contribution < 1.29 is 0 Å². The van der Waals surface area contributed by atoms with Crippen molar-refractivity contribution in [1.82, 2.24) is 4.98 Å². The smallest absolute Gasteiger partial charge is 0.0486 e. The van der Waals surface area contributed by atoms with E-state index in [9.17, 15) is 0 Å². The molecule has 1 nitrogen and oxygen atoms in total. The van der Waals surface area contributed by atoms with Crippen LogP contribution < -0.4 is 0 Å². The minimum absolute atomic E-state index is 0.851. The van der Waals surface area contributed by atoms with Crippen LogP contribution in [0.5, 0.6) is 0 Å².